The van der Waals surface area contributed by atoms with E-state index in [9.17, 15) is 9.59 Å². The highest BCUT2D eigenvalue weighted by molar-refractivity contribution is 5.81. The molecule has 0 aliphatic rings. The fraction of sp³-hybridized carbons (Fsp3) is 0.778. The molecule has 0 heterocycles. The van der Waals surface area contributed by atoms with E-state index in [4.69, 9.17) is 0 Å². The molecule has 76 valence electrons. The lowest BCUT2D eigenvalue weighted by molar-refractivity contribution is -0.121. The smallest absolute Gasteiger partial charge is 0.407 e. The Morgan fingerprint density at radius 3 is 2.23 bits per heavy atom. The summed E-state index contributed by atoms with van der Waals surface area (Å²) in [6.07, 6.45) is -0.155. The van der Waals surface area contributed by atoms with Crippen LogP contribution in [0, 0.1) is 0 Å². The fourth-order valence-corrected chi connectivity index (χ4v) is 0.590. The van der Waals surface area contributed by atoms with Crippen molar-refractivity contribution in [2.75, 3.05) is 6.61 Å². The van der Waals surface area contributed by atoms with Crippen molar-refractivity contribution < 1.29 is 14.3 Å². The molecule has 0 aromatic heterocycles. The Morgan fingerprint density at radius 2 is 1.85 bits per heavy atom. The van der Waals surface area contributed by atoms with Crippen LogP contribution >= 0.6 is 0 Å². The number of carbonyl (C=O) groups excluding carboxylic acids is 2. The van der Waals surface area contributed by atoms with E-state index in [2.05, 4.69) is 10.1 Å². The summed E-state index contributed by atoms with van der Waals surface area (Å²) >= 11 is 0. The van der Waals surface area contributed by atoms with E-state index in [0.717, 1.165) is 0 Å². The molecule has 0 aromatic carbocycles. The lowest BCUT2D eigenvalue weighted by Gasteiger charge is -2.19. The van der Waals surface area contributed by atoms with Gasteiger partial charge in [-0.1, -0.05) is 6.92 Å². The molecule has 0 radical (unpaired) electrons. The van der Waals surface area contributed by atoms with Crippen LogP contribution in [0.5, 0.6) is 0 Å². The molecule has 0 atom stereocenters. The van der Waals surface area contributed by atoms with Gasteiger partial charge >= 0.3 is 6.09 Å². The molecule has 13 heavy (non-hydrogen) atoms. The topological polar surface area (TPSA) is 55.4 Å². The summed E-state index contributed by atoms with van der Waals surface area (Å²) in [5.74, 6) is -0.0796. The Balaban J connectivity index is 3.71. The number of rotatable bonds is 3. The highest BCUT2D eigenvalue weighted by Gasteiger charge is 2.14. The molecule has 0 fully saturated rings. The maximum absolute atomic E-state index is 11.0. The molecule has 0 aliphatic carbocycles. The van der Waals surface area contributed by atoms with Crippen molar-refractivity contribution in [2.24, 2.45) is 0 Å². The summed E-state index contributed by atoms with van der Waals surface area (Å²) in [6.45, 7) is 7.12. The minimum absolute atomic E-state index is 0.0796. The predicted octanol–water partition coefficient (Wildman–Crippen LogP) is 1.49. The van der Waals surface area contributed by atoms with Crippen LogP contribution in [-0.4, -0.2) is 24.0 Å². The van der Waals surface area contributed by atoms with Crippen LogP contribution in [0.2, 0.25) is 0 Å². The predicted molar refractivity (Wildman–Crippen MR) is 49.5 cm³/mol. The van der Waals surface area contributed by atoms with E-state index < -0.39 is 6.09 Å². The van der Waals surface area contributed by atoms with Crippen LogP contribution in [0.25, 0.3) is 0 Å². The van der Waals surface area contributed by atoms with Gasteiger partial charge in [0.25, 0.3) is 0 Å². The molecule has 0 aliphatic heterocycles. The molecule has 4 heteroatoms. The quantitative estimate of drug-likeness (QED) is 0.728. The zero-order valence-corrected chi connectivity index (χ0v) is 8.64. The number of hydrogen-bond acceptors (Lipinski definition) is 3. The van der Waals surface area contributed by atoms with Crippen molar-refractivity contribution in [3.05, 3.63) is 0 Å². The Hall–Kier alpha value is -1.06. The lowest BCUT2D eigenvalue weighted by Crippen LogP contribution is -2.41. The third kappa shape index (κ3) is 7.31. The van der Waals surface area contributed by atoms with Gasteiger partial charge in [0, 0.05) is 12.0 Å². The Bertz CT molecular complexity index is 194. The van der Waals surface area contributed by atoms with E-state index in [-0.39, 0.29) is 17.9 Å². The number of ether oxygens (including phenoxy) is 1. The SMILES string of the molecule is CCC(=O)COC(=O)NC(C)(C)C. The number of alkyl carbamates (subject to hydrolysis) is 1. The number of carbonyl (C=O) groups is 2. The molecule has 0 unspecified atom stereocenters. The molecule has 0 bridgehead atoms. The normalized spacial score (nSPS) is 10.8. The van der Waals surface area contributed by atoms with Crippen LogP contribution in [0.15, 0.2) is 0 Å². The summed E-state index contributed by atoms with van der Waals surface area (Å²) in [5, 5.41) is 2.59. The van der Waals surface area contributed by atoms with Gasteiger partial charge in [-0.3, -0.25) is 4.79 Å². The van der Waals surface area contributed by atoms with Gasteiger partial charge in [0.05, 0.1) is 0 Å². The van der Waals surface area contributed by atoms with Crippen LogP contribution in [-0.2, 0) is 9.53 Å². The number of hydrogen-bond donors (Lipinski definition) is 1. The second-order valence-electron chi connectivity index (χ2n) is 3.84. The molecule has 0 aromatic rings. The number of ketones is 1. The van der Waals surface area contributed by atoms with E-state index in [0.29, 0.717) is 6.42 Å². The number of amides is 1. The van der Waals surface area contributed by atoms with Crippen LogP contribution in [0.4, 0.5) is 4.79 Å². The molecule has 0 saturated carbocycles. The summed E-state index contributed by atoms with van der Waals surface area (Å²) in [5.41, 5.74) is -0.327. The number of nitrogens with one attached hydrogen (secondary N) is 1. The first-order chi connectivity index (χ1) is 5.85. The van der Waals surface area contributed by atoms with Crippen LogP contribution in [0.1, 0.15) is 34.1 Å². The van der Waals surface area contributed by atoms with Gasteiger partial charge in [0.1, 0.15) is 0 Å². The van der Waals surface area contributed by atoms with E-state index in [1.54, 1.807) is 6.92 Å². The molecule has 0 rings (SSSR count). The number of Topliss-reactive ketones (excluding diaryl/α,β-unsaturated/α-hetero) is 1. The summed E-state index contributed by atoms with van der Waals surface area (Å²) in [6, 6.07) is 0. The Labute approximate surface area is 78.6 Å². The fourth-order valence-electron chi connectivity index (χ4n) is 0.590. The van der Waals surface area contributed by atoms with E-state index in [1.807, 2.05) is 20.8 Å². The second kappa shape index (κ2) is 4.84. The minimum Gasteiger partial charge on any atom is -0.442 e. The zero-order valence-electron chi connectivity index (χ0n) is 8.64. The molecular formula is C9H17NO3. The van der Waals surface area contributed by atoms with Crippen molar-refractivity contribution in [1.82, 2.24) is 5.32 Å². The summed E-state index contributed by atoms with van der Waals surface area (Å²) in [4.78, 5) is 21.8. The first-order valence-electron chi connectivity index (χ1n) is 4.32. The third-order valence-corrected chi connectivity index (χ3v) is 1.24. The summed E-state index contributed by atoms with van der Waals surface area (Å²) < 4.78 is 4.67. The van der Waals surface area contributed by atoms with E-state index >= 15 is 0 Å². The maximum Gasteiger partial charge on any atom is 0.407 e. The second-order valence-corrected chi connectivity index (χ2v) is 3.84. The van der Waals surface area contributed by atoms with Gasteiger partial charge in [-0.15, -0.1) is 0 Å². The van der Waals surface area contributed by atoms with Crippen molar-refractivity contribution in [3.8, 4) is 0 Å². The molecule has 0 saturated heterocycles. The van der Waals surface area contributed by atoms with Crippen molar-refractivity contribution in [3.63, 3.8) is 0 Å². The third-order valence-electron chi connectivity index (χ3n) is 1.24. The van der Waals surface area contributed by atoms with Crippen molar-refractivity contribution in [2.45, 2.75) is 39.7 Å². The monoisotopic (exact) mass is 187 g/mol. The van der Waals surface area contributed by atoms with Crippen molar-refractivity contribution >= 4 is 11.9 Å². The van der Waals surface area contributed by atoms with E-state index in [1.165, 1.54) is 0 Å². The van der Waals surface area contributed by atoms with Crippen LogP contribution in [0.3, 0.4) is 0 Å². The molecule has 1 N–H and O–H groups in total. The molecule has 0 spiro atoms. The summed E-state index contributed by atoms with van der Waals surface area (Å²) in [7, 11) is 0. The Kier molecular flexibility index (Phi) is 4.45. The van der Waals surface area contributed by atoms with Gasteiger partial charge in [-0.05, 0) is 20.8 Å². The maximum atomic E-state index is 11.0. The van der Waals surface area contributed by atoms with Crippen molar-refractivity contribution in [1.29, 1.82) is 0 Å². The van der Waals surface area contributed by atoms with Crippen LogP contribution < -0.4 is 5.32 Å². The average Bonchev–Trinajstić information content (AvgIpc) is 1.97. The molecule has 4 nitrogen and oxygen atoms in total. The minimum atomic E-state index is -0.547. The average molecular weight is 187 g/mol. The largest absolute Gasteiger partial charge is 0.442 e. The first-order valence-corrected chi connectivity index (χ1v) is 4.32. The first kappa shape index (κ1) is 11.9. The standard InChI is InChI=1S/C9H17NO3/c1-5-7(11)6-13-8(12)10-9(2,3)4/h5-6H2,1-4H3,(H,10,12). The van der Waals surface area contributed by atoms with Gasteiger partial charge < -0.3 is 10.1 Å². The lowest BCUT2D eigenvalue weighted by atomic mass is 10.1. The van der Waals surface area contributed by atoms with Gasteiger partial charge in [-0.25, -0.2) is 4.79 Å². The zero-order chi connectivity index (χ0) is 10.5. The highest BCUT2D eigenvalue weighted by Crippen LogP contribution is 1.98. The van der Waals surface area contributed by atoms with Gasteiger partial charge in [0.2, 0.25) is 0 Å². The Morgan fingerprint density at radius 1 is 1.31 bits per heavy atom. The molecular weight excluding hydrogens is 170 g/mol. The molecule has 1 amide bonds. The van der Waals surface area contributed by atoms with Gasteiger partial charge in [-0.2, -0.15) is 0 Å². The highest BCUT2D eigenvalue weighted by atomic mass is 16.6. The van der Waals surface area contributed by atoms with Gasteiger partial charge in [0.15, 0.2) is 12.4 Å².